The van der Waals surface area contributed by atoms with Crippen LogP contribution in [0.4, 0.5) is 17.7 Å². The van der Waals surface area contributed by atoms with Crippen LogP contribution in [-0.4, -0.2) is 58.0 Å². The molecule has 0 aliphatic heterocycles. The highest BCUT2D eigenvalue weighted by Gasteiger charge is 2.11. The molecular formula is C21H27N7O2S. The zero-order valence-corrected chi connectivity index (χ0v) is 19.0. The molecule has 3 aromatic rings. The Labute approximate surface area is 186 Å². The van der Waals surface area contributed by atoms with Crippen LogP contribution in [0.2, 0.25) is 0 Å². The highest BCUT2D eigenvalue weighted by atomic mass is 32.2. The van der Waals surface area contributed by atoms with E-state index in [0.29, 0.717) is 48.0 Å². The van der Waals surface area contributed by atoms with Gasteiger partial charge in [-0.15, -0.1) is 0 Å². The summed E-state index contributed by atoms with van der Waals surface area (Å²) >= 11 is 1.42. The lowest BCUT2D eigenvalue weighted by Gasteiger charge is -2.12. The lowest BCUT2D eigenvalue weighted by atomic mass is 10.1. The predicted octanol–water partition coefficient (Wildman–Crippen LogP) is 3.56. The van der Waals surface area contributed by atoms with Crippen molar-refractivity contribution >= 4 is 35.3 Å². The molecule has 0 aliphatic carbocycles. The minimum Gasteiger partial charge on any atom is -0.360 e. The van der Waals surface area contributed by atoms with Gasteiger partial charge in [-0.2, -0.15) is 15.0 Å². The van der Waals surface area contributed by atoms with Gasteiger partial charge in [0.05, 0.1) is 0 Å². The van der Waals surface area contributed by atoms with Crippen molar-refractivity contribution in [3.05, 3.63) is 41.7 Å². The predicted molar refractivity (Wildman–Crippen MR) is 121 cm³/mol. The monoisotopic (exact) mass is 441 g/mol. The summed E-state index contributed by atoms with van der Waals surface area (Å²) in [5.74, 6) is 2.31. The van der Waals surface area contributed by atoms with Crippen molar-refractivity contribution in [3.63, 3.8) is 0 Å². The summed E-state index contributed by atoms with van der Waals surface area (Å²) in [6, 6.07) is 9.64. The Morgan fingerprint density at radius 1 is 1.13 bits per heavy atom. The number of nitrogens with zero attached hydrogens (tertiary/aromatic N) is 5. The van der Waals surface area contributed by atoms with Gasteiger partial charge in [0.25, 0.3) is 0 Å². The highest BCUT2D eigenvalue weighted by molar-refractivity contribution is 7.99. The second-order valence-electron chi connectivity index (χ2n) is 7.26. The number of benzene rings is 1. The fraction of sp³-hybridized carbons (Fsp3) is 0.381. The fourth-order valence-corrected chi connectivity index (χ4v) is 3.35. The Morgan fingerprint density at radius 3 is 2.52 bits per heavy atom. The largest absolute Gasteiger partial charge is 0.360 e. The maximum Gasteiger partial charge on any atom is 0.234 e. The van der Waals surface area contributed by atoms with Crippen molar-refractivity contribution < 1.29 is 9.32 Å². The zero-order chi connectivity index (χ0) is 22.2. The molecule has 2 aromatic heterocycles. The van der Waals surface area contributed by atoms with Gasteiger partial charge in [-0.25, -0.2) is 0 Å². The Balaban J connectivity index is 1.76. The maximum atomic E-state index is 11.7. The van der Waals surface area contributed by atoms with Crippen molar-refractivity contribution in [1.29, 1.82) is 0 Å². The third kappa shape index (κ3) is 7.34. The highest BCUT2D eigenvalue weighted by Crippen LogP contribution is 2.27. The second-order valence-corrected chi connectivity index (χ2v) is 8.30. The molecular weight excluding hydrogens is 414 g/mol. The van der Waals surface area contributed by atoms with E-state index in [0.717, 1.165) is 17.0 Å². The van der Waals surface area contributed by atoms with E-state index < -0.39 is 0 Å². The van der Waals surface area contributed by atoms with E-state index in [2.05, 4.69) is 35.6 Å². The first-order valence-corrected chi connectivity index (χ1v) is 10.9. The number of ketones is 1. The molecule has 2 N–H and O–H groups in total. The van der Waals surface area contributed by atoms with E-state index in [1.165, 1.54) is 11.8 Å². The molecule has 0 fully saturated rings. The Kier molecular flexibility index (Phi) is 7.96. The molecule has 0 aliphatic rings. The lowest BCUT2D eigenvalue weighted by Crippen LogP contribution is -2.21. The van der Waals surface area contributed by atoms with Gasteiger partial charge in [0.1, 0.15) is 11.5 Å². The van der Waals surface area contributed by atoms with Crippen LogP contribution in [0.25, 0.3) is 0 Å². The summed E-state index contributed by atoms with van der Waals surface area (Å²) in [5, 5.41) is 10.8. The number of aryl methyl sites for hydroxylation is 1. The van der Waals surface area contributed by atoms with Crippen LogP contribution in [0, 0.1) is 6.92 Å². The number of aromatic nitrogens is 4. The van der Waals surface area contributed by atoms with Crippen molar-refractivity contribution in [2.75, 3.05) is 37.8 Å². The number of hydrogen-bond donors (Lipinski definition) is 2. The van der Waals surface area contributed by atoms with Crippen LogP contribution in [0.5, 0.6) is 0 Å². The summed E-state index contributed by atoms with van der Waals surface area (Å²) in [4.78, 5) is 28.2. The normalized spacial score (nSPS) is 11.0. The minimum absolute atomic E-state index is 0.227. The summed E-state index contributed by atoms with van der Waals surface area (Å²) < 4.78 is 5.10. The maximum absolute atomic E-state index is 11.7. The SMILES string of the molecule is CCC(=O)Cc1ccc(Sc2nc(NCCN(C)C)nc(Nc3cc(C)on3)n2)cc1. The number of carbonyl (C=O) groups is 1. The topological polar surface area (TPSA) is 109 Å². The minimum atomic E-state index is 0.227. The number of likely N-dealkylation sites (N-methyl/N-ethyl adjacent to an activating group) is 1. The molecule has 0 radical (unpaired) electrons. The van der Waals surface area contributed by atoms with Crippen LogP contribution in [-0.2, 0) is 11.2 Å². The van der Waals surface area contributed by atoms with Crippen molar-refractivity contribution in [2.24, 2.45) is 0 Å². The molecule has 3 rings (SSSR count). The molecule has 2 heterocycles. The Hall–Kier alpha value is -2.98. The van der Waals surface area contributed by atoms with Gasteiger partial charge in [0.15, 0.2) is 11.0 Å². The second kappa shape index (κ2) is 10.9. The molecule has 0 spiro atoms. The number of rotatable bonds is 11. The van der Waals surface area contributed by atoms with E-state index in [-0.39, 0.29) is 5.78 Å². The molecule has 1 aromatic carbocycles. The molecule has 0 saturated carbocycles. The first-order valence-electron chi connectivity index (χ1n) is 10.0. The third-order valence-electron chi connectivity index (χ3n) is 4.25. The first-order chi connectivity index (χ1) is 14.9. The number of nitrogens with one attached hydrogen (secondary N) is 2. The van der Waals surface area contributed by atoms with Gasteiger partial charge < -0.3 is 20.1 Å². The number of anilines is 3. The van der Waals surface area contributed by atoms with Crippen molar-refractivity contribution in [1.82, 2.24) is 25.0 Å². The van der Waals surface area contributed by atoms with Gasteiger partial charge >= 0.3 is 0 Å². The third-order valence-corrected chi connectivity index (χ3v) is 5.13. The Morgan fingerprint density at radius 2 is 1.87 bits per heavy atom. The molecule has 164 valence electrons. The van der Waals surface area contributed by atoms with E-state index in [9.17, 15) is 4.79 Å². The van der Waals surface area contributed by atoms with Gasteiger partial charge in [-0.3, -0.25) is 4.79 Å². The van der Waals surface area contributed by atoms with Crippen LogP contribution in [0.15, 0.2) is 44.9 Å². The van der Waals surface area contributed by atoms with E-state index in [1.807, 2.05) is 52.2 Å². The van der Waals surface area contributed by atoms with E-state index in [4.69, 9.17) is 4.52 Å². The molecule has 10 heteroatoms. The molecule has 0 saturated heterocycles. The molecule has 0 amide bonds. The number of carbonyl (C=O) groups excluding carboxylic acids is 1. The summed E-state index contributed by atoms with van der Waals surface area (Å²) in [7, 11) is 4.02. The van der Waals surface area contributed by atoms with Crippen molar-refractivity contribution in [2.45, 2.75) is 36.7 Å². The van der Waals surface area contributed by atoms with Gasteiger partial charge in [0.2, 0.25) is 11.9 Å². The molecule has 0 bridgehead atoms. The summed E-state index contributed by atoms with van der Waals surface area (Å²) in [5.41, 5.74) is 1.00. The first kappa shape index (κ1) is 22.7. The van der Waals surface area contributed by atoms with Gasteiger partial charge in [-0.05, 0) is 50.5 Å². The van der Waals surface area contributed by atoms with E-state index >= 15 is 0 Å². The molecule has 9 nitrogen and oxygen atoms in total. The molecule has 0 unspecified atom stereocenters. The van der Waals surface area contributed by atoms with Crippen LogP contribution in [0.3, 0.4) is 0 Å². The Bertz CT molecular complexity index is 1010. The standard InChI is InChI=1S/C21H27N7O2S/c1-5-16(29)13-15-6-8-17(9-7-15)31-21-25-19(22-10-11-28(3)4)24-20(26-21)23-18-12-14(2)30-27-18/h6-9,12H,5,10-11,13H2,1-4H3,(H2,22,23,24,25,26,27). The average molecular weight is 442 g/mol. The summed E-state index contributed by atoms with van der Waals surface area (Å²) in [6.45, 7) is 5.24. The lowest BCUT2D eigenvalue weighted by molar-refractivity contribution is -0.118. The quantitative estimate of drug-likeness (QED) is 0.458. The fourth-order valence-electron chi connectivity index (χ4n) is 2.60. The molecule has 31 heavy (non-hydrogen) atoms. The number of hydrogen-bond acceptors (Lipinski definition) is 10. The van der Waals surface area contributed by atoms with Crippen molar-refractivity contribution in [3.8, 4) is 0 Å². The van der Waals surface area contributed by atoms with E-state index in [1.54, 1.807) is 6.07 Å². The smallest absolute Gasteiger partial charge is 0.234 e. The zero-order valence-electron chi connectivity index (χ0n) is 18.2. The summed E-state index contributed by atoms with van der Waals surface area (Å²) in [6.07, 6.45) is 1.00. The van der Waals surface area contributed by atoms with Gasteiger partial charge in [0, 0.05) is 36.9 Å². The average Bonchev–Trinajstić information content (AvgIpc) is 3.13. The van der Waals surface area contributed by atoms with Gasteiger partial charge in [-0.1, -0.05) is 24.2 Å². The number of Topliss-reactive ketones (excluding diaryl/α,β-unsaturated/α-hetero) is 1. The van der Waals surface area contributed by atoms with Crippen LogP contribution < -0.4 is 10.6 Å². The molecule has 0 atom stereocenters. The van der Waals surface area contributed by atoms with Crippen LogP contribution in [0.1, 0.15) is 24.7 Å². The van der Waals surface area contributed by atoms with Crippen LogP contribution >= 0.6 is 11.8 Å².